The SMILES string of the molecule is CCNC(=NCC(C(C)C)N1CCN(C)CC1)N1CCc2ccccc21. The van der Waals surface area contributed by atoms with Crippen molar-refractivity contribution in [2.75, 3.05) is 57.8 Å². The van der Waals surface area contributed by atoms with Crippen molar-refractivity contribution in [3.05, 3.63) is 29.8 Å². The van der Waals surface area contributed by atoms with E-state index >= 15 is 0 Å². The van der Waals surface area contributed by atoms with Gasteiger partial charge in [-0.05, 0) is 37.9 Å². The molecule has 5 nitrogen and oxygen atoms in total. The highest BCUT2D eigenvalue weighted by Gasteiger charge is 2.26. The molecule has 5 heteroatoms. The summed E-state index contributed by atoms with van der Waals surface area (Å²) in [7, 11) is 2.22. The smallest absolute Gasteiger partial charge is 0.198 e. The summed E-state index contributed by atoms with van der Waals surface area (Å²) >= 11 is 0. The highest BCUT2D eigenvalue weighted by Crippen LogP contribution is 2.27. The first-order chi connectivity index (χ1) is 12.6. The van der Waals surface area contributed by atoms with Gasteiger partial charge in [0.1, 0.15) is 0 Å². The van der Waals surface area contributed by atoms with Crippen molar-refractivity contribution in [1.29, 1.82) is 0 Å². The lowest BCUT2D eigenvalue weighted by atomic mass is 10.0. The molecule has 1 aromatic carbocycles. The quantitative estimate of drug-likeness (QED) is 0.648. The zero-order valence-electron chi connectivity index (χ0n) is 16.9. The predicted molar refractivity (Wildman–Crippen MR) is 111 cm³/mol. The molecule has 0 radical (unpaired) electrons. The zero-order chi connectivity index (χ0) is 18.5. The van der Waals surface area contributed by atoms with Crippen LogP contribution in [0.4, 0.5) is 5.69 Å². The second-order valence-electron chi connectivity index (χ2n) is 7.88. The Morgan fingerprint density at radius 2 is 1.85 bits per heavy atom. The van der Waals surface area contributed by atoms with Crippen molar-refractivity contribution < 1.29 is 0 Å². The average molecular weight is 358 g/mol. The van der Waals surface area contributed by atoms with Gasteiger partial charge in [-0.3, -0.25) is 9.89 Å². The van der Waals surface area contributed by atoms with E-state index in [4.69, 9.17) is 4.99 Å². The minimum absolute atomic E-state index is 0.509. The van der Waals surface area contributed by atoms with E-state index in [1.807, 2.05) is 0 Å². The summed E-state index contributed by atoms with van der Waals surface area (Å²) in [5, 5.41) is 3.52. The Hall–Kier alpha value is -1.59. The van der Waals surface area contributed by atoms with E-state index in [-0.39, 0.29) is 0 Å². The topological polar surface area (TPSA) is 34.1 Å². The van der Waals surface area contributed by atoms with Crippen LogP contribution < -0.4 is 10.2 Å². The van der Waals surface area contributed by atoms with Gasteiger partial charge >= 0.3 is 0 Å². The number of rotatable bonds is 5. The van der Waals surface area contributed by atoms with Crippen LogP contribution >= 0.6 is 0 Å². The molecule has 2 aliphatic heterocycles. The summed E-state index contributed by atoms with van der Waals surface area (Å²) < 4.78 is 0. The third-order valence-corrected chi connectivity index (χ3v) is 5.68. The van der Waals surface area contributed by atoms with E-state index in [2.05, 4.69) is 72.1 Å². The van der Waals surface area contributed by atoms with Gasteiger partial charge in [-0.2, -0.15) is 0 Å². The van der Waals surface area contributed by atoms with Gasteiger partial charge in [0.15, 0.2) is 5.96 Å². The fourth-order valence-electron chi connectivity index (χ4n) is 4.03. The third kappa shape index (κ3) is 4.38. The van der Waals surface area contributed by atoms with E-state index in [1.165, 1.54) is 11.3 Å². The Labute approximate surface area is 159 Å². The number of nitrogens with zero attached hydrogens (tertiary/aromatic N) is 4. The third-order valence-electron chi connectivity index (χ3n) is 5.68. The highest BCUT2D eigenvalue weighted by atomic mass is 15.3. The van der Waals surface area contributed by atoms with E-state index in [0.29, 0.717) is 12.0 Å². The summed E-state index contributed by atoms with van der Waals surface area (Å²) in [5.74, 6) is 1.65. The number of nitrogens with one attached hydrogen (secondary N) is 1. The first-order valence-electron chi connectivity index (χ1n) is 10.2. The number of aliphatic imine (C=N–C) groups is 1. The lowest BCUT2D eigenvalue weighted by molar-refractivity contribution is 0.0925. The molecule has 3 rings (SSSR count). The maximum atomic E-state index is 5.09. The van der Waals surface area contributed by atoms with Gasteiger partial charge in [-0.1, -0.05) is 32.0 Å². The lowest BCUT2D eigenvalue weighted by Gasteiger charge is -2.39. The van der Waals surface area contributed by atoms with Gasteiger partial charge in [0.25, 0.3) is 0 Å². The molecule has 1 atom stereocenters. The fraction of sp³-hybridized carbons (Fsp3) is 0.667. The number of likely N-dealkylation sites (N-methyl/N-ethyl adjacent to an activating group) is 1. The molecule has 0 aliphatic carbocycles. The maximum absolute atomic E-state index is 5.09. The van der Waals surface area contributed by atoms with Crippen LogP contribution in [0.2, 0.25) is 0 Å². The van der Waals surface area contributed by atoms with Gasteiger partial charge in [-0.25, -0.2) is 0 Å². The van der Waals surface area contributed by atoms with E-state index < -0.39 is 0 Å². The van der Waals surface area contributed by atoms with Crippen LogP contribution in [0.5, 0.6) is 0 Å². The van der Waals surface area contributed by atoms with Crippen molar-refractivity contribution in [2.45, 2.75) is 33.2 Å². The number of piperazine rings is 1. The Morgan fingerprint density at radius 1 is 1.12 bits per heavy atom. The van der Waals surface area contributed by atoms with E-state index in [1.54, 1.807) is 0 Å². The number of hydrogen-bond acceptors (Lipinski definition) is 3. The van der Waals surface area contributed by atoms with Gasteiger partial charge in [-0.15, -0.1) is 0 Å². The standard InChI is InChI=1S/C21H35N5/c1-5-22-21(26-11-10-18-8-6-7-9-19(18)26)23-16-20(17(2)3)25-14-12-24(4)13-15-25/h6-9,17,20H,5,10-16H2,1-4H3,(H,22,23). The van der Waals surface area contributed by atoms with Crippen molar-refractivity contribution in [2.24, 2.45) is 10.9 Å². The Bertz CT molecular complexity index is 604. The number of para-hydroxylation sites is 1. The molecule has 1 fully saturated rings. The van der Waals surface area contributed by atoms with Crippen molar-refractivity contribution in [1.82, 2.24) is 15.1 Å². The lowest BCUT2D eigenvalue weighted by Crippen LogP contribution is -2.52. The van der Waals surface area contributed by atoms with Crippen LogP contribution in [0.25, 0.3) is 0 Å². The summed E-state index contributed by atoms with van der Waals surface area (Å²) in [4.78, 5) is 12.5. The zero-order valence-corrected chi connectivity index (χ0v) is 16.9. The molecule has 2 aliphatic rings. The van der Waals surface area contributed by atoms with Crippen LogP contribution in [0, 0.1) is 5.92 Å². The molecule has 144 valence electrons. The first-order valence-corrected chi connectivity index (χ1v) is 10.2. The van der Waals surface area contributed by atoms with E-state index in [9.17, 15) is 0 Å². The van der Waals surface area contributed by atoms with Crippen LogP contribution in [0.15, 0.2) is 29.3 Å². The molecular formula is C21H35N5. The predicted octanol–water partition coefficient (Wildman–Crippen LogP) is 2.29. The number of benzene rings is 1. The Balaban J connectivity index is 1.73. The number of anilines is 1. The number of fused-ring (bicyclic) bond motifs is 1. The average Bonchev–Trinajstić information content (AvgIpc) is 3.06. The molecule has 0 bridgehead atoms. The molecule has 0 aromatic heterocycles. The van der Waals surface area contributed by atoms with Gasteiger partial charge in [0.2, 0.25) is 0 Å². The second kappa shape index (κ2) is 8.87. The molecule has 0 spiro atoms. The van der Waals surface area contributed by atoms with Gasteiger partial charge in [0.05, 0.1) is 6.54 Å². The van der Waals surface area contributed by atoms with Crippen molar-refractivity contribution in [3.8, 4) is 0 Å². The second-order valence-corrected chi connectivity index (χ2v) is 7.88. The van der Waals surface area contributed by atoms with Crippen molar-refractivity contribution in [3.63, 3.8) is 0 Å². The molecular weight excluding hydrogens is 322 g/mol. The summed E-state index contributed by atoms with van der Waals surface area (Å²) in [5.41, 5.74) is 2.74. The molecule has 1 N–H and O–H groups in total. The maximum Gasteiger partial charge on any atom is 0.198 e. The Kier molecular flexibility index (Phi) is 6.54. The molecule has 2 heterocycles. The molecule has 0 amide bonds. The summed E-state index contributed by atoms with van der Waals surface area (Å²) in [6.07, 6.45) is 1.10. The van der Waals surface area contributed by atoms with Gasteiger partial charge in [0, 0.05) is 51.0 Å². The number of hydrogen-bond donors (Lipinski definition) is 1. The van der Waals surface area contributed by atoms with Gasteiger partial charge < -0.3 is 15.1 Å². The van der Waals surface area contributed by atoms with Crippen molar-refractivity contribution >= 4 is 11.6 Å². The fourth-order valence-corrected chi connectivity index (χ4v) is 4.03. The normalized spacial score (nSPS) is 20.5. The molecule has 1 unspecified atom stereocenters. The largest absolute Gasteiger partial charge is 0.356 e. The monoisotopic (exact) mass is 357 g/mol. The first kappa shape index (κ1) is 19.2. The molecule has 26 heavy (non-hydrogen) atoms. The van der Waals surface area contributed by atoms with Crippen LogP contribution in [0.1, 0.15) is 26.3 Å². The van der Waals surface area contributed by atoms with E-state index in [0.717, 1.165) is 58.2 Å². The molecule has 0 saturated carbocycles. The molecule has 1 saturated heterocycles. The highest BCUT2D eigenvalue weighted by molar-refractivity contribution is 5.97. The summed E-state index contributed by atoms with van der Waals surface area (Å²) in [6, 6.07) is 9.22. The Morgan fingerprint density at radius 3 is 2.54 bits per heavy atom. The minimum Gasteiger partial charge on any atom is -0.356 e. The molecule has 1 aromatic rings. The number of guanidine groups is 1. The van der Waals surface area contributed by atoms with Crippen LogP contribution in [-0.4, -0.2) is 74.7 Å². The summed E-state index contributed by atoms with van der Waals surface area (Å²) in [6.45, 7) is 14.2. The minimum atomic E-state index is 0.509. The van der Waals surface area contributed by atoms with Crippen LogP contribution in [-0.2, 0) is 6.42 Å². The van der Waals surface area contributed by atoms with Crippen LogP contribution in [0.3, 0.4) is 0 Å².